The number of ether oxygens (including phenoxy) is 3. The number of pyridine rings is 2. The summed E-state index contributed by atoms with van der Waals surface area (Å²) in [5, 5.41) is 6.34. The van der Waals surface area contributed by atoms with Crippen LogP contribution in [-0.2, 0) is 26.2 Å². The maximum Gasteiger partial charge on any atom is 0.586 e. The normalized spacial score (nSPS) is 17.6. The maximum absolute atomic E-state index is 13.6. The summed E-state index contributed by atoms with van der Waals surface area (Å²) < 4.78 is 42.5. The number of piperazine rings is 1. The van der Waals surface area contributed by atoms with Crippen LogP contribution in [0.5, 0.6) is 17.2 Å². The molecule has 2 aromatic heterocycles. The Bertz CT molecular complexity index is 2700. The summed E-state index contributed by atoms with van der Waals surface area (Å²) in [6.07, 6.45) is -1.41. The van der Waals surface area contributed by atoms with Crippen LogP contribution in [0.3, 0.4) is 0 Å². The SMILES string of the molecule is Cc1ccc(NC(=O)C2(c3ccc4c(c3)OC(F)(F)O4)CC2)nc1-c1cccc(C(=O)NCCSCC(=O)N2CCN(C(=O)C3Cc4cc(Cl)cc(-c5ccnc(N)c5)c4O3)CC2)c1. The topological polar surface area (TPSA) is 178 Å². The number of carbonyl (C=O) groups is 4. The Morgan fingerprint density at radius 1 is 0.922 bits per heavy atom. The lowest BCUT2D eigenvalue weighted by molar-refractivity contribution is -0.286. The molecule has 18 heteroatoms. The van der Waals surface area contributed by atoms with E-state index in [0.29, 0.717) is 103 Å². The van der Waals surface area contributed by atoms with Crippen LogP contribution in [0.4, 0.5) is 20.4 Å². The number of aryl methyl sites for hydroxylation is 1. The lowest BCUT2D eigenvalue weighted by atomic mass is 9.94. The molecule has 0 radical (unpaired) electrons. The average molecular weight is 910 g/mol. The van der Waals surface area contributed by atoms with Crippen molar-refractivity contribution in [2.24, 2.45) is 0 Å². The molecule has 9 rings (SSSR count). The number of rotatable bonds is 12. The molecule has 330 valence electrons. The van der Waals surface area contributed by atoms with E-state index in [4.69, 9.17) is 27.1 Å². The monoisotopic (exact) mass is 909 g/mol. The number of nitrogens with two attached hydrogens (primary N) is 1. The number of alkyl halides is 2. The van der Waals surface area contributed by atoms with Crippen molar-refractivity contribution < 1.29 is 42.2 Å². The number of hydrogen-bond acceptors (Lipinski definition) is 11. The molecule has 1 atom stereocenters. The summed E-state index contributed by atoms with van der Waals surface area (Å²) in [5.41, 5.74) is 10.4. The minimum atomic E-state index is -3.75. The van der Waals surface area contributed by atoms with E-state index in [0.717, 1.165) is 22.3 Å². The number of anilines is 2. The molecule has 2 fully saturated rings. The fourth-order valence-corrected chi connectivity index (χ4v) is 9.20. The van der Waals surface area contributed by atoms with Crippen molar-refractivity contribution in [3.05, 3.63) is 112 Å². The number of halogens is 3. The van der Waals surface area contributed by atoms with Crippen LogP contribution in [0.1, 0.15) is 39.9 Å². The second-order valence-corrected chi connectivity index (χ2v) is 17.6. The molecule has 5 heterocycles. The van der Waals surface area contributed by atoms with E-state index in [9.17, 15) is 28.0 Å². The van der Waals surface area contributed by atoms with Gasteiger partial charge in [0.1, 0.15) is 17.4 Å². The quantitative estimate of drug-likeness (QED) is 0.117. The highest BCUT2D eigenvalue weighted by Crippen LogP contribution is 2.52. The van der Waals surface area contributed by atoms with E-state index in [1.165, 1.54) is 23.9 Å². The first-order valence-corrected chi connectivity index (χ1v) is 22.2. The largest absolute Gasteiger partial charge is 0.586 e. The summed E-state index contributed by atoms with van der Waals surface area (Å²) >= 11 is 7.85. The van der Waals surface area contributed by atoms with Crippen LogP contribution in [-0.4, -0.2) is 100 Å². The Morgan fingerprint density at radius 2 is 1.70 bits per heavy atom. The molecular weight excluding hydrogens is 868 g/mol. The van der Waals surface area contributed by atoms with E-state index in [1.54, 1.807) is 58.5 Å². The van der Waals surface area contributed by atoms with Crippen molar-refractivity contribution in [1.82, 2.24) is 25.1 Å². The number of nitrogens with one attached hydrogen (secondary N) is 2. The first kappa shape index (κ1) is 42.8. The van der Waals surface area contributed by atoms with Crippen molar-refractivity contribution in [3.63, 3.8) is 0 Å². The number of hydrogen-bond donors (Lipinski definition) is 3. The molecule has 3 aliphatic heterocycles. The Kier molecular flexibility index (Phi) is 11.5. The van der Waals surface area contributed by atoms with Crippen LogP contribution in [0.15, 0.2) is 85.1 Å². The lowest BCUT2D eigenvalue weighted by Crippen LogP contribution is -2.53. The van der Waals surface area contributed by atoms with Gasteiger partial charge in [-0.15, -0.1) is 8.78 Å². The average Bonchev–Trinajstić information content (AvgIpc) is 3.89. The van der Waals surface area contributed by atoms with Crippen LogP contribution in [0.2, 0.25) is 5.02 Å². The Hall–Kier alpha value is -6.46. The molecule has 0 bridgehead atoms. The molecule has 1 aliphatic carbocycles. The van der Waals surface area contributed by atoms with E-state index in [1.807, 2.05) is 31.2 Å². The number of nitrogen functional groups attached to an aromatic ring is 1. The fraction of sp³-hybridized carbons (Fsp3) is 0.304. The van der Waals surface area contributed by atoms with Crippen molar-refractivity contribution >= 4 is 58.6 Å². The van der Waals surface area contributed by atoms with Gasteiger partial charge in [0.05, 0.1) is 16.9 Å². The molecule has 4 N–H and O–H groups in total. The third kappa shape index (κ3) is 8.86. The van der Waals surface area contributed by atoms with Gasteiger partial charge in [-0.05, 0) is 91.1 Å². The molecule has 4 aliphatic rings. The van der Waals surface area contributed by atoms with E-state index in [-0.39, 0.29) is 40.9 Å². The summed E-state index contributed by atoms with van der Waals surface area (Å²) in [6, 6.07) is 22.1. The minimum absolute atomic E-state index is 0.0366. The number of amides is 4. The zero-order valence-corrected chi connectivity index (χ0v) is 36.1. The molecule has 1 saturated carbocycles. The van der Waals surface area contributed by atoms with E-state index in [2.05, 4.69) is 25.1 Å². The summed E-state index contributed by atoms with van der Waals surface area (Å²) in [7, 11) is 0. The summed E-state index contributed by atoms with van der Waals surface area (Å²) in [4.78, 5) is 65.7. The van der Waals surface area contributed by atoms with Gasteiger partial charge < -0.3 is 40.4 Å². The predicted octanol–water partition coefficient (Wildman–Crippen LogP) is 6.48. The van der Waals surface area contributed by atoms with Gasteiger partial charge >= 0.3 is 6.29 Å². The molecular formula is C46H42ClF2N7O7S. The number of carbonyl (C=O) groups excluding carboxylic acids is 4. The fourth-order valence-electron chi connectivity index (χ4n) is 8.21. The van der Waals surface area contributed by atoms with Gasteiger partial charge in [0.2, 0.25) is 11.8 Å². The maximum atomic E-state index is 13.6. The highest BCUT2D eigenvalue weighted by atomic mass is 35.5. The number of aromatic nitrogens is 2. The minimum Gasteiger partial charge on any atom is -0.479 e. The molecule has 0 spiro atoms. The first-order valence-electron chi connectivity index (χ1n) is 20.7. The molecule has 1 unspecified atom stereocenters. The molecule has 64 heavy (non-hydrogen) atoms. The highest BCUT2D eigenvalue weighted by Gasteiger charge is 2.53. The third-order valence-corrected chi connectivity index (χ3v) is 12.9. The molecule has 14 nitrogen and oxygen atoms in total. The smallest absolute Gasteiger partial charge is 0.479 e. The van der Waals surface area contributed by atoms with Gasteiger partial charge in [0.15, 0.2) is 17.6 Å². The van der Waals surface area contributed by atoms with Gasteiger partial charge in [-0.3, -0.25) is 19.2 Å². The first-order chi connectivity index (χ1) is 30.7. The predicted molar refractivity (Wildman–Crippen MR) is 237 cm³/mol. The molecule has 1 saturated heterocycles. The number of nitrogens with zero attached hydrogens (tertiary/aromatic N) is 4. The van der Waals surface area contributed by atoms with Gasteiger partial charge in [-0.2, -0.15) is 11.8 Å². The van der Waals surface area contributed by atoms with Gasteiger partial charge in [-0.25, -0.2) is 9.97 Å². The standard InChI is InChI=1S/C46H42ClF2N7O7S/c1-26-5-8-38(54-44(60)45(10-11-45)31-6-7-34-35(23-31)63-46(48,49)62-34)53-40(26)28-3-2-4-29(19-28)42(58)52-13-18-64-25-39(57)55-14-16-56(17-15-55)43(59)36-21-30-20-32(47)24-33(41(30)61-36)27-9-12-51-37(50)22-27/h2-9,12,19-20,22-24,36H,10-11,13-18,21,25H2,1H3,(H2,50,51)(H,52,58)(H,53,54,60). The van der Waals surface area contributed by atoms with Gasteiger partial charge in [0.25, 0.3) is 11.8 Å². The number of fused-ring (bicyclic) bond motifs is 2. The molecule has 4 amide bonds. The van der Waals surface area contributed by atoms with Crippen molar-refractivity contribution in [3.8, 4) is 39.6 Å². The van der Waals surface area contributed by atoms with Crippen molar-refractivity contribution in [2.45, 2.75) is 44.0 Å². The number of benzene rings is 3. The van der Waals surface area contributed by atoms with E-state index >= 15 is 0 Å². The third-order valence-electron chi connectivity index (χ3n) is 11.7. The van der Waals surface area contributed by atoms with Crippen LogP contribution in [0, 0.1) is 6.92 Å². The Labute approximate surface area is 375 Å². The second kappa shape index (κ2) is 17.3. The number of thioether (sulfide) groups is 1. The van der Waals surface area contributed by atoms with Crippen molar-refractivity contribution in [1.29, 1.82) is 0 Å². The van der Waals surface area contributed by atoms with Crippen LogP contribution >= 0.6 is 23.4 Å². The zero-order chi connectivity index (χ0) is 44.8. The lowest BCUT2D eigenvalue weighted by Gasteiger charge is -2.35. The van der Waals surface area contributed by atoms with Gasteiger partial charge in [-0.1, -0.05) is 35.9 Å². The van der Waals surface area contributed by atoms with Crippen LogP contribution in [0.25, 0.3) is 22.4 Å². The summed E-state index contributed by atoms with van der Waals surface area (Å²) in [6.45, 7) is 3.80. The Morgan fingerprint density at radius 3 is 2.48 bits per heavy atom. The van der Waals surface area contributed by atoms with Gasteiger partial charge in [0, 0.05) is 78.4 Å². The van der Waals surface area contributed by atoms with Crippen LogP contribution < -0.4 is 30.6 Å². The molecule has 5 aromatic rings. The second-order valence-electron chi connectivity index (χ2n) is 16.0. The zero-order valence-electron chi connectivity index (χ0n) is 34.5. The Balaban J connectivity index is 0.723. The van der Waals surface area contributed by atoms with E-state index < -0.39 is 17.8 Å². The highest BCUT2D eigenvalue weighted by molar-refractivity contribution is 7.99. The van der Waals surface area contributed by atoms with Crippen molar-refractivity contribution in [2.75, 3.05) is 55.3 Å². The molecule has 3 aromatic carbocycles. The summed E-state index contributed by atoms with van der Waals surface area (Å²) in [5.74, 6) is 1.03.